The molecule has 0 fully saturated rings. The lowest BCUT2D eigenvalue weighted by Crippen LogP contribution is -2.09. The maximum atomic E-state index is 6.28. The molecule has 1 aromatic carbocycles. The van der Waals surface area contributed by atoms with Crippen LogP contribution >= 0.6 is 23.2 Å². The third-order valence-corrected chi connectivity index (χ3v) is 4.37. The van der Waals surface area contributed by atoms with Gasteiger partial charge in [0.15, 0.2) is 0 Å². The minimum absolute atomic E-state index is 0.555. The van der Waals surface area contributed by atoms with Gasteiger partial charge in [0, 0.05) is 23.8 Å². The van der Waals surface area contributed by atoms with Gasteiger partial charge in [-0.1, -0.05) is 23.2 Å². The Hall–Kier alpha value is -0.990. The number of nitrogens with zero attached hydrogens (tertiary/aromatic N) is 1. The van der Waals surface area contributed by atoms with Crippen LogP contribution in [0.15, 0.2) is 12.1 Å². The number of anilines is 1. The Labute approximate surface area is 116 Å². The third-order valence-electron chi connectivity index (χ3n) is 3.58. The highest BCUT2D eigenvalue weighted by Gasteiger charge is 2.19. The number of pyridine rings is 1. The Morgan fingerprint density at radius 2 is 1.94 bits per heavy atom. The second-order valence-corrected chi connectivity index (χ2v) is 5.41. The van der Waals surface area contributed by atoms with E-state index in [1.165, 1.54) is 24.1 Å². The maximum Gasteiger partial charge on any atom is 0.0927 e. The Morgan fingerprint density at radius 3 is 2.72 bits per heavy atom. The second-order valence-electron chi connectivity index (χ2n) is 4.63. The van der Waals surface area contributed by atoms with Gasteiger partial charge >= 0.3 is 0 Å². The summed E-state index contributed by atoms with van der Waals surface area (Å²) in [6.07, 6.45) is 4.56. The molecule has 0 atom stereocenters. The zero-order valence-corrected chi connectivity index (χ0v) is 11.7. The van der Waals surface area contributed by atoms with Gasteiger partial charge in [-0.05, 0) is 43.4 Å². The van der Waals surface area contributed by atoms with Crippen LogP contribution in [0.25, 0.3) is 10.9 Å². The molecule has 18 heavy (non-hydrogen) atoms. The normalized spacial score (nSPS) is 14.6. The van der Waals surface area contributed by atoms with Crippen LogP contribution in [0.5, 0.6) is 0 Å². The molecule has 2 aromatic rings. The summed E-state index contributed by atoms with van der Waals surface area (Å²) in [5, 5.41) is 5.48. The van der Waals surface area contributed by atoms with Crippen molar-refractivity contribution in [2.24, 2.45) is 0 Å². The fourth-order valence-electron chi connectivity index (χ4n) is 2.72. The van der Waals surface area contributed by atoms with Crippen LogP contribution in [0.2, 0.25) is 10.0 Å². The Morgan fingerprint density at radius 1 is 1.17 bits per heavy atom. The van der Waals surface area contributed by atoms with E-state index >= 15 is 0 Å². The number of hydrogen-bond acceptors (Lipinski definition) is 2. The van der Waals surface area contributed by atoms with Crippen molar-refractivity contribution < 1.29 is 0 Å². The highest BCUT2D eigenvalue weighted by molar-refractivity contribution is 6.45. The monoisotopic (exact) mass is 280 g/mol. The first kappa shape index (κ1) is 12.1. The second kappa shape index (κ2) is 4.60. The zero-order valence-electron chi connectivity index (χ0n) is 10.2. The van der Waals surface area contributed by atoms with Crippen LogP contribution in [-0.4, -0.2) is 12.0 Å². The number of fused-ring (bicyclic) bond motifs is 2. The lowest BCUT2D eigenvalue weighted by Gasteiger charge is -2.21. The average Bonchev–Trinajstić information content (AvgIpc) is 2.41. The number of aromatic nitrogens is 1. The van der Waals surface area contributed by atoms with Crippen molar-refractivity contribution in [2.45, 2.75) is 25.7 Å². The quantitative estimate of drug-likeness (QED) is 0.834. The SMILES string of the molecule is CNc1c2c(nc3c(Cl)c(Cl)ccc13)CCCC2. The summed E-state index contributed by atoms with van der Waals surface area (Å²) in [5.74, 6) is 0. The van der Waals surface area contributed by atoms with Gasteiger partial charge in [-0.2, -0.15) is 0 Å². The molecule has 1 heterocycles. The number of hydrogen-bond donors (Lipinski definition) is 1. The van der Waals surface area contributed by atoms with Crippen LogP contribution in [0.3, 0.4) is 0 Å². The van der Waals surface area contributed by atoms with E-state index in [9.17, 15) is 0 Å². The Kier molecular flexibility index (Phi) is 3.08. The molecular weight excluding hydrogens is 267 g/mol. The molecular formula is C14H14Cl2N2. The number of halogens is 2. The molecule has 3 rings (SSSR count). The smallest absolute Gasteiger partial charge is 0.0927 e. The van der Waals surface area contributed by atoms with E-state index in [0.29, 0.717) is 10.0 Å². The maximum absolute atomic E-state index is 6.28. The minimum Gasteiger partial charge on any atom is -0.387 e. The number of nitrogens with one attached hydrogen (secondary N) is 1. The first-order chi connectivity index (χ1) is 8.72. The topological polar surface area (TPSA) is 24.9 Å². The summed E-state index contributed by atoms with van der Waals surface area (Å²) in [6.45, 7) is 0. The van der Waals surface area contributed by atoms with Crippen molar-refractivity contribution in [2.75, 3.05) is 12.4 Å². The number of aryl methyl sites for hydroxylation is 1. The van der Waals surface area contributed by atoms with Crippen molar-refractivity contribution in [3.63, 3.8) is 0 Å². The first-order valence-corrected chi connectivity index (χ1v) is 6.95. The molecule has 1 aromatic heterocycles. The molecule has 0 radical (unpaired) electrons. The van der Waals surface area contributed by atoms with Gasteiger partial charge in [0.1, 0.15) is 0 Å². The van der Waals surface area contributed by atoms with Crippen LogP contribution in [0.1, 0.15) is 24.1 Å². The molecule has 4 heteroatoms. The Bertz CT molecular complexity index is 623. The lowest BCUT2D eigenvalue weighted by molar-refractivity contribution is 0.672. The average molecular weight is 281 g/mol. The fraction of sp³-hybridized carbons (Fsp3) is 0.357. The molecule has 2 nitrogen and oxygen atoms in total. The molecule has 0 amide bonds. The molecule has 0 unspecified atom stereocenters. The van der Waals surface area contributed by atoms with Crippen molar-refractivity contribution in [3.8, 4) is 0 Å². The summed E-state index contributed by atoms with van der Waals surface area (Å²) in [4.78, 5) is 4.73. The van der Waals surface area contributed by atoms with E-state index in [1.54, 1.807) is 0 Å². The largest absolute Gasteiger partial charge is 0.387 e. The van der Waals surface area contributed by atoms with E-state index in [2.05, 4.69) is 5.32 Å². The van der Waals surface area contributed by atoms with Crippen LogP contribution in [-0.2, 0) is 12.8 Å². The van der Waals surface area contributed by atoms with E-state index in [4.69, 9.17) is 28.2 Å². The zero-order chi connectivity index (χ0) is 12.7. The van der Waals surface area contributed by atoms with E-state index in [1.807, 2.05) is 19.2 Å². The molecule has 1 N–H and O–H groups in total. The first-order valence-electron chi connectivity index (χ1n) is 6.19. The molecule has 0 saturated carbocycles. The van der Waals surface area contributed by atoms with E-state index < -0.39 is 0 Å². The summed E-state index contributed by atoms with van der Waals surface area (Å²) >= 11 is 12.3. The van der Waals surface area contributed by atoms with E-state index in [0.717, 1.165) is 29.4 Å². The van der Waals surface area contributed by atoms with Gasteiger partial charge in [-0.25, -0.2) is 0 Å². The summed E-state index contributed by atoms with van der Waals surface area (Å²) in [7, 11) is 1.95. The van der Waals surface area contributed by atoms with Gasteiger partial charge in [-0.15, -0.1) is 0 Å². The van der Waals surface area contributed by atoms with Gasteiger partial charge in [0.2, 0.25) is 0 Å². The molecule has 1 aliphatic carbocycles. The van der Waals surface area contributed by atoms with Gasteiger partial charge in [0.25, 0.3) is 0 Å². The van der Waals surface area contributed by atoms with Gasteiger partial charge in [0.05, 0.1) is 15.6 Å². The summed E-state index contributed by atoms with van der Waals surface area (Å²) in [5.41, 5.74) is 4.49. The highest BCUT2D eigenvalue weighted by Crippen LogP contribution is 2.38. The van der Waals surface area contributed by atoms with Crippen molar-refractivity contribution in [1.29, 1.82) is 0 Å². The summed E-state index contributed by atoms with van der Waals surface area (Å²) < 4.78 is 0. The lowest BCUT2D eigenvalue weighted by atomic mass is 9.93. The Balaban J connectivity index is 2.40. The predicted molar refractivity (Wildman–Crippen MR) is 78.0 cm³/mol. The molecule has 94 valence electrons. The third kappa shape index (κ3) is 1.75. The van der Waals surface area contributed by atoms with Gasteiger partial charge in [-0.3, -0.25) is 4.98 Å². The van der Waals surface area contributed by atoms with E-state index in [-0.39, 0.29) is 0 Å². The van der Waals surface area contributed by atoms with Crippen LogP contribution in [0, 0.1) is 0 Å². The molecule has 0 saturated heterocycles. The minimum atomic E-state index is 0.555. The predicted octanol–water partition coefficient (Wildman–Crippen LogP) is 4.46. The summed E-state index contributed by atoms with van der Waals surface area (Å²) in [6, 6.07) is 3.83. The molecule has 0 aliphatic heterocycles. The van der Waals surface area contributed by atoms with Crippen molar-refractivity contribution in [3.05, 3.63) is 33.4 Å². The number of benzene rings is 1. The van der Waals surface area contributed by atoms with Gasteiger partial charge < -0.3 is 5.32 Å². The fourth-order valence-corrected chi connectivity index (χ4v) is 3.08. The van der Waals surface area contributed by atoms with Crippen LogP contribution in [0.4, 0.5) is 5.69 Å². The number of rotatable bonds is 1. The molecule has 1 aliphatic rings. The van der Waals surface area contributed by atoms with Crippen LogP contribution < -0.4 is 5.32 Å². The van der Waals surface area contributed by atoms with Crippen molar-refractivity contribution in [1.82, 2.24) is 4.98 Å². The molecule has 0 bridgehead atoms. The highest BCUT2D eigenvalue weighted by atomic mass is 35.5. The molecule has 0 spiro atoms. The standard InChI is InChI=1S/C14H14Cl2N2/c1-17-13-8-4-2-3-5-11(8)18-14-9(13)6-7-10(15)12(14)16/h6-7H,2-5H2,1H3,(H,17,18). The van der Waals surface area contributed by atoms with Crippen molar-refractivity contribution >= 4 is 39.8 Å².